The summed E-state index contributed by atoms with van der Waals surface area (Å²) in [4.78, 5) is 21.8. The Balaban J connectivity index is 1.62. The van der Waals surface area contributed by atoms with Crippen molar-refractivity contribution in [3.8, 4) is 0 Å². The lowest BCUT2D eigenvalue weighted by molar-refractivity contribution is 0.249. The molecule has 27 heavy (non-hydrogen) atoms. The molecule has 0 radical (unpaired) electrons. The van der Waals surface area contributed by atoms with Gasteiger partial charge in [-0.05, 0) is 73.1 Å². The van der Waals surface area contributed by atoms with E-state index in [2.05, 4.69) is 36.5 Å². The maximum atomic E-state index is 12.4. The number of benzene rings is 2. The number of urea groups is 1. The molecule has 2 amide bonds. The predicted octanol–water partition coefficient (Wildman–Crippen LogP) is 5.58. The van der Waals surface area contributed by atoms with Crippen LogP contribution in [-0.2, 0) is 0 Å². The molecule has 1 atom stereocenters. The number of halogens is 1. The molecule has 0 fully saturated rings. The van der Waals surface area contributed by atoms with Gasteiger partial charge in [-0.25, -0.2) is 14.8 Å². The molecule has 1 heterocycles. The van der Waals surface area contributed by atoms with Crippen LogP contribution in [-0.4, -0.2) is 16.0 Å². The summed E-state index contributed by atoms with van der Waals surface area (Å²) in [7, 11) is 0. The van der Waals surface area contributed by atoms with E-state index in [4.69, 9.17) is 0 Å². The quantitative estimate of drug-likeness (QED) is 0.505. The zero-order chi connectivity index (χ0) is 19.2. The number of nitrogens with zero attached hydrogens (tertiary/aromatic N) is 2. The minimum Gasteiger partial charge on any atom is -0.331 e. The third kappa shape index (κ3) is 5.55. The molecule has 138 valence electrons. The van der Waals surface area contributed by atoms with Crippen LogP contribution in [0.5, 0.6) is 0 Å². The normalized spacial score (nSPS) is 11.7. The maximum absolute atomic E-state index is 12.4. The van der Waals surface area contributed by atoms with Crippen LogP contribution in [0.1, 0.15) is 24.1 Å². The molecule has 0 spiro atoms. The van der Waals surface area contributed by atoms with Gasteiger partial charge >= 0.3 is 6.03 Å². The standard InChI is InChI=1S/C20H19BrN4OS/c1-13-11-17(27-20-22-9-4-10-23-20)7-8-18(13)25-19(26)24-14(2)15-5-3-6-16(21)12-15/h3-12,14H,1-2H3,(H2,24,25,26)/t14-/m1/s1. The van der Waals surface area contributed by atoms with Crippen LogP contribution in [0, 0.1) is 6.92 Å². The zero-order valence-corrected chi connectivity index (χ0v) is 17.3. The first-order valence-electron chi connectivity index (χ1n) is 8.40. The largest absolute Gasteiger partial charge is 0.331 e. The minimum absolute atomic E-state index is 0.104. The van der Waals surface area contributed by atoms with Crippen LogP contribution in [0.25, 0.3) is 0 Å². The fourth-order valence-corrected chi connectivity index (χ4v) is 3.72. The molecule has 3 rings (SSSR count). The number of rotatable bonds is 5. The van der Waals surface area contributed by atoms with Crippen molar-refractivity contribution >= 4 is 39.4 Å². The van der Waals surface area contributed by atoms with Crippen molar-refractivity contribution in [2.24, 2.45) is 0 Å². The van der Waals surface area contributed by atoms with Gasteiger partial charge in [0.2, 0.25) is 0 Å². The first-order valence-corrected chi connectivity index (χ1v) is 10.0. The predicted molar refractivity (Wildman–Crippen MR) is 112 cm³/mol. The average Bonchev–Trinajstić information content (AvgIpc) is 2.65. The fourth-order valence-electron chi connectivity index (χ4n) is 2.50. The highest BCUT2D eigenvalue weighted by molar-refractivity contribution is 9.10. The molecule has 0 saturated heterocycles. The van der Waals surface area contributed by atoms with Crippen molar-refractivity contribution in [3.63, 3.8) is 0 Å². The van der Waals surface area contributed by atoms with Gasteiger partial charge in [0.15, 0.2) is 5.16 Å². The number of amides is 2. The van der Waals surface area contributed by atoms with Crippen LogP contribution < -0.4 is 10.6 Å². The number of hydrogen-bond acceptors (Lipinski definition) is 4. The Kier molecular flexibility index (Phi) is 6.47. The van der Waals surface area contributed by atoms with Gasteiger partial charge in [0.25, 0.3) is 0 Å². The van der Waals surface area contributed by atoms with Crippen LogP contribution in [0.3, 0.4) is 0 Å². The van der Waals surface area contributed by atoms with Crippen molar-refractivity contribution in [1.82, 2.24) is 15.3 Å². The van der Waals surface area contributed by atoms with E-state index in [9.17, 15) is 4.79 Å². The fraction of sp³-hybridized carbons (Fsp3) is 0.150. The Morgan fingerprint density at radius 2 is 1.89 bits per heavy atom. The Bertz CT molecular complexity index is 936. The second-order valence-electron chi connectivity index (χ2n) is 5.99. The van der Waals surface area contributed by atoms with E-state index >= 15 is 0 Å². The zero-order valence-electron chi connectivity index (χ0n) is 14.9. The van der Waals surface area contributed by atoms with Crippen LogP contribution in [0.2, 0.25) is 0 Å². The molecule has 3 aromatic rings. The van der Waals surface area contributed by atoms with E-state index in [1.54, 1.807) is 18.5 Å². The van der Waals surface area contributed by atoms with Gasteiger partial charge in [-0.3, -0.25) is 0 Å². The average molecular weight is 443 g/mol. The molecule has 7 heteroatoms. The van der Waals surface area contributed by atoms with E-state index in [-0.39, 0.29) is 12.1 Å². The van der Waals surface area contributed by atoms with Crippen molar-refractivity contribution in [1.29, 1.82) is 0 Å². The molecule has 0 aliphatic carbocycles. The lowest BCUT2D eigenvalue weighted by Gasteiger charge is -2.16. The Hall–Kier alpha value is -2.38. The monoisotopic (exact) mass is 442 g/mol. The number of aromatic nitrogens is 2. The van der Waals surface area contributed by atoms with Gasteiger partial charge in [-0.1, -0.05) is 28.1 Å². The van der Waals surface area contributed by atoms with Crippen molar-refractivity contribution < 1.29 is 4.79 Å². The topological polar surface area (TPSA) is 66.9 Å². The summed E-state index contributed by atoms with van der Waals surface area (Å²) >= 11 is 4.93. The summed E-state index contributed by atoms with van der Waals surface area (Å²) in [6, 6.07) is 15.2. The molecular formula is C20H19BrN4OS. The summed E-state index contributed by atoms with van der Waals surface area (Å²) < 4.78 is 0.986. The van der Waals surface area contributed by atoms with E-state index in [0.29, 0.717) is 5.16 Å². The molecule has 0 aliphatic heterocycles. The number of carbonyl (C=O) groups excluding carboxylic acids is 1. The summed E-state index contributed by atoms with van der Waals surface area (Å²) in [5.41, 5.74) is 2.78. The first-order chi connectivity index (χ1) is 13.0. The summed E-state index contributed by atoms with van der Waals surface area (Å²) in [6.07, 6.45) is 3.43. The van der Waals surface area contributed by atoms with Crippen molar-refractivity contribution in [2.75, 3.05) is 5.32 Å². The molecule has 5 nitrogen and oxygen atoms in total. The van der Waals surface area contributed by atoms with Crippen LogP contribution >= 0.6 is 27.7 Å². The first kappa shape index (κ1) is 19.4. The molecule has 2 aromatic carbocycles. The van der Waals surface area contributed by atoms with Crippen molar-refractivity contribution in [3.05, 3.63) is 76.5 Å². The summed E-state index contributed by atoms with van der Waals surface area (Å²) in [6.45, 7) is 3.91. The van der Waals surface area contributed by atoms with Gasteiger partial charge < -0.3 is 10.6 Å². The number of carbonyl (C=O) groups is 1. The van der Waals surface area contributed by atoms with E-state index in [1.165, 1.54) is 11.8 Å². The lowest BCUT2D eigenvalue weighted by atomic mass is 10.1. The van der Waals surface area contributed by atoms with Crippen molar-refractivity contribution in [2.45, 2.75) is 29.9 Å². The van der Waals surface area contributed by atoms with Gasteiger partial charge in [-0.15, -0.1) is 0 Å². The third-order valence-electron chi connectivity index (χ3n) is 3.89. The van der Waals surface area contributed by atoms with E-state index in [0.717, 1.165) is 26.2 Å². The Morgan fingerprint density at radius 3 is 2.59 bits per heavy atom. The highest BCUT2D eigenvalue weighted by Crippen LogP contribution is 2.28. The number of aryl methyl sites for hydroxylation is 1. The highest BCUT2D eigenvalue weighted by Gasteiger charge is 2.11. The molecular weight excluding hydrogens is 424 g/mol. The molecule has 0 unspecified atom stereocenters. The Morgan fingerprint density at radius 1 is 1.11 bits per heavy atom. The van der Waals surface area contributed by atoms with Gasteiger partial charge in [0, 0.05) is 27.4 Å². The van der Waals surface area contributed by atoms with Crippen LogP contribution in [0.15, 0.2) is 75.4 Å². The highest BCUT2D eigenvalue weighted by atomic mass is 79.9. The summed E-state index contributed by atoms with van der Waals surface area (Å²) in [5, 5.41) is 6.56. The molecule has 0 aliphatic rings. The van der Waals surface area contributed by atoms with Gasteiger partial charge in [0.1, 0.15) is 0 Å². The molecule has 0 bridgehead atoms. The minimum atomic E-state index is -0.239. The third-order valence-corrected chi connectivity index (χ3v) is 5.27. The smallest absolute Gasteiger partial charge is 0.319 e. The van der Waals surface area contributed by atoms with Gasteiger partial charge in [0.05, 0.1) is 6.04 Å². The van der Waals surface area contributed by atoms with Crippen LogP contribution in [0.4, 0.5) is 10.5 Å². The van der Waals surface area contributed by atoms with E-state index < -0.39 is 0 Å². The maximum Gasteiger partial charge on any atom is 0.319 e. The second kappa shape index (κ2) is 9.01. The molecule has 1 aromatic heterocycles. The van der Waals surface area contributed by atoms with Gasteiger partial charge in [-0.2, -0.15) is 0 Å². The number of nitrogens with one attached hydrogen (secondary N) is 2. The van der Waals surface area contributed by atoms with E-state index in [1.807, 2.05) is 56.3 Å². The molecule has 2 N–H and O–H groups in total. The SMILES string of the molecule is Cc1cc(Sc2ncccn2)ccc1NC(=O)N[C@H](C)c1cccc(Br)c1. The second-order valence-corrected chi connectivity index (χ2v) is 7.94. The summed E-state index contributed by atoms with van der Waals surface area (Å²) in [5.74, 6) is 0. The number of hydrogen-bond donors (Lipinski definition) is 2. The Labute approximate surface area is 171 Å². The lowest BCUT2D eigenvalue weighted by Crippen LogP contribution is -2.31. The molecule has 0 saturated carbocycles. The number of anilines is 1.